The number of nitrogens with zero attached hydrogens (tertiary/aromatic N) is 2. The lowest BCUT2D eigenvalue weighted by molar-refractivity contribution is 0.102. The smallest absolute Gasteiger partial charge is 0.274 e. The van der Waals surface area contributed by atoms with E-state index in [0.29, 0.717) is 22.3 Å². The third kappa shape index (κ3) is 2.17. The number of methoxy groups -OCH3 is 1. The molecule has 0 atom stereocenters. The van der Waals surface area contributed by atoms with Gasteiger partial charge < -0.3 is 19.6 Å². The van der Waals surface area contributed by atoms with Crippen molar-refractivity contribution in [3.05, 3.63) is 52.3 Å². The predicted octanol–water partition coefficient (Wildman–Crippen LogP) is 1.93. The van der Waals surface area contributed by atoms with E-state index in [1.54, 1.807) is 31.4 Å². The number of H-pyrrole nitrogens is 1. The number of aromatic nitrogens is 3. The van der Waals surface area contributed by atoms with Crippen LogP contribution in [0, 0.1) is 0 Å². The molecule has 0 spiro atoms. The maximum Gasteiger partial charge on any atom is 0.274 e. The summed E-state index contributed by atoms with van der Waals surface area (Å²) in [5, 5.41) is 3.39. The Morgan fingerprint density at radius 2 is 2.12 bits per heavy atom. The highest BCUT2D eigenvalue weighted by molar-refractivity contribution is 6.11. The van der Waals surface area contributed by atoms with Crippen molar-refractivity contribution in [3.63, 3.8) is 0 Å². The molecule has 1 aliphatic heterocycles. The van der Waals surface area contributed by atoms with Gasteiger partial charge in [-0.15, -0.1) is 0 Å². The van der Waals surface area contributed by atoms with Gasteiger partial charge in [-0.25, -0.2) is 4.98 Å². The number of aromatic amines is 1. The minimum atomic E-state index is -0.267. The van der Waals surface area contributed by atoms with Crippen LogP contribution in [-0.4, -0.2) is 27.6 Å². The van der Waals surface area contributed by atoms with Crippen LogP contribution in [0.4, 0.5) is 5.69 Å². The number of hydrogen-bond acceptors (Lipinski definition) is 4. The van der Waals surface area contributed by atoms with Crippen LogP contribution in [0.15, 0.2) is 35.4 Å². The number of amides is 1. The van der Waals surface area contributed by atoms with Gasteiger partial charge in [0.25, 0.3) is 11.5 Å². The summed E-state index contributed by atoms with van der Waals surface area (Å²) in [6, 6.07) is 7.10. The molecule has 2 N–H and O–H groups in total. The summed E-state index contributed by atoms with van der Waals surface area (Å²) < 4.78 is 7.02. The lowest BCUT2D eigenvalue weighted by Gasteiger charge is -2.08. The summed E-state index contributed by atoms with van der Waals surface area (Å²) in [5.41, 5.74) is 2.25. The van der Waals surface area contributed by atoms with Crippen LogP contribution in [0.1, 0.15) is 22.6 Å². The van der Waals surface area contributed by atoms with Crippen molar-refractivity contribution in [2.45, 2.75) is 19.4 Å². The number of fused-ring (bicyclic) bond motifs is 3. The number of ether oxygens (including phenoxy) is 1. The monoisotopic (exact) mass is 324 g/mol. The molecular weight excluding hydrogens is 308 g/mol. The topological polar surface area (TPSA) is 89.0 Å². The summed E-state index contributed by atoms with van der Waals surface area (Å²) in [4.78, 5) is 31.8. The number of aryl methyl sites for hydroxylation is 1. The van der Waals surface area contributed by atoms with Gasteiger partial charge in [-0.1, -0.05) is 0 Å². The van der Waals surface area contributed by atoms with Gasteiger partial charge in [-0.3, -0.25) is 9.59 Å². The minimum Gasteiger partial charge on any atom is -0.497 e. The second kappa shape index (κ2) is 5.52. The Morgan fingerprint density at radius 1 is 1.33 bits per heavy atom. The SMILES string of the molecule is COc1ccc(NC(=O)c2c3nc[nH]c(=O)c3c3n2CCC3)cc1. The predicted molar refractivity (Wildman–Crippen MR) is 89.6 cm³/mol. The van der Waals surface area contributed by atoms with Crippen LogP contribution >= 0.6 is 0 Å². The number of anilines is 1. The maximum atomic E-state index is 12.8. The molecule has 7 nitrogen and oxygen atoms in total. The Hall–Kier alpha value is -3.09. The second-order valence-electron chi connectivity index (χ2n) is 5.69. The third-order valence-electron chi connectivity index (χ3n) is 4.32. The highest BCUT2D eigenvalue weighted by Crippen LogP contribution is 2.28. The minimum absolute atomic E-state index is 0.200. The molecule has 0 saturated heterocycles. The van der Waals surface area contributed by atoms with Gasteiger partial charge in [0.05, 0.1) is 18.8 Å². The molecule has 0 bridgehead atoms. The van der Waals surface area contributed by atoms with E-state index in [1.807, 2.05) is 4.57 Å². The van der Waals surface area contributed by atoms with E-state index in [1.165, 1.54) is 6.33 Å². The average molecular weight is 324 g/mol. The summed E-state index contributed by atoms with van der Waals surface area (Å²) in [5.74, 6) is 0.451. The van der Waals surface area contributed by atoms with Gasteiger partial charge in [0.2, 0.25) is 0 Å². The highest BCUT2D eigenvalue weighted by atomic mass is 16.5. The fraction of sp³-hybridized carbons (Fsp3) is 0.235. The number of carbonyl (C=O) groups is 1. The van der Waals surface area contributed by atoms with Crippen molar-refractivity contribution in [1.82, 2.24) is 14.5 Å². The Labute approximate surface area is 137 Å². The molecule has 1 amide bonds. The average Bonchev–Trinajstić information content (AvgIpc) is 3.15. The van der Waals surface area contributed by atoms with Crippen molar-refractivity contribution in [3.8, 4) is 5.75 Å². The van der Waals surface area contributed by atoms with Gasteiger partial charge in [-0.05, 0) is 37.1 Å². The quantitative estimate of drug-likeness (QED) is 0.770. The summed E-state index contributed by atoms with van der Waals surface area (Å²) >= 11 is 0. The lowest BCUT2D eigenvalue weighted by atomic mass is 10.2. The van der Waals surface area contributed by atoms with Crippen molar-refractivity contribution in [2.75, 3.05) is 12.4 Å². The van der Waals surface area contributed by atoms with E-state index in [4.69, 9.17) is 4.74 Å². The number of carbonyl (C=O) groups excluding carboxylic acids is 1. The fourth-order valence-electron chi connectivity index (χ4n) is 3.25. The molecule has 0 unspecified atom stereocenters. The van der Waals surface area contributed by atoms with Crippen molar-refractivity contribution in [2.24, 2.45) is 0 Å². The Kier molecular flexibility index (Phi) is 3.34. The van der Waals surface area contributed by atoms with Crippen molar-refractivity contribution < 1.29 is 9.53 Å². The molecule has 0 aliphatic carbocycles. The third-order valence-corrected chi connectivity index (χ3v) is 4.32. The van der Waals surface area contributed by atoms with E-state index in [2.05, 4.69) is 15.3 Å². The second-order valence-corrected chi connectivity index (χ2v) is 5.69. The molecule has 24 heavy (non-hydrogen) atoms. The van der Waals surface area contributed by atoms with E-state index >= 15 is 0 Å². The molecule has 7 heteroatoms. The standard InChI is InChI=1S/C17H16N4O3/c1-24-11-6-4-10(5-7-11)20-17(23)15-14-13(16(22)19-9-18-14)12-3-2-8-21(12)15/h4-7,9H,2-3,8H2,1H3,(H,20,23)(H,18,19,22). The van der Waals surface area contributed by atoms with Gasteiger partial charge in [0.15, 0.2) is 0 Å². The molecule has 122 valence electrons. The molecule has 2 aromatic heterocycles. The van der Waals surface area contributed by atoms with Gasteiger partial charge >= 0.3 is 0 Å². The number of rotatable bonds is 3. The molecule has 0 radical (unpaired) electrons. The van der Waals surface area contributed by atoms with Gasteiger partial charge in [-0.2, -0.15) is 0 Å². The molecule has 3 heterocycles. The van der Waals surface area contributed by atoms with Gasteiger partial charge in [0.1, 0.15) is 17.0 Å². The first-order chi connectivity index (χ1) is 11.7. The molecule has 0 fully saturated rings. The molecule has 4 rings (SSSR count). The number of benzene rings is 1. The summed E-state index contributed by atoms with van der Waals surface area (Å²) in [6.07, 6.45) is 3.04. The van der Waals surface area contributed by atoms with E-state index in [9.17, 15) is 9.59 Å². The molecule has 0 saturated carbocycles. The zero-order valence-electron chi connectivity index (χ0n) is 13.1. The lowest BCUT2D eigenvalue weighted by Crippen LogP contribution is -2.17. The van der Waals surface area contributed by atoms with Crippen LogP contribution in [0.5, 0.6) is 5.75 Å². The van der Waals surface area contributed by atoms with Crippen LogP contribution in [0.2, 0.25) is 0 Å². The molecule has 1 aliphatic rings. The normalized spacial score (nSPS) is 13.0. The van der Waals surface area contributed by atoms with Gasteiger partial charge in [0, 0.05) is 17.9 Å². The first-order valence-corrected chi connectivity index (χ1v) is 7.73. The number of nitrogens with one attached hydrogen (secondary N) is 2. The first-order valence-electron chi connectivity index (χ1n) is 7.73. The Balaban J connectivity index is 1.77. The highest BCUT2D eigenvalue weighted by Gasteiger charge is 2.27. The van der Waals surface area contributed by atoms with Crippen molar-refractivity contribution in [1.29, 1.82) is 0 Å². The number of hydrogen-bond donors (Lipinski definition) is 2. The van der Waals surface area contributed by atoms with Crippen molar-refractivity contribution >= 4 is 22.5 Å². The Morgan fingerprint density at radius 3 is 2.88 bits per heavy atom. The zero-order chi connectivity index (χ0) is 16.7. The maximum absolute atomic E-state index is 12.8. The van der Waals surface area contributed by atoms with E-state index in [-0.39, 0.29) is 11.5 Å². The Bertz CT molecular complexity index is 985. The first kappa shape index (κ1) is 14.5. The molecular formula is C17H16N4O3. The van der Waals surface area contributed by atoms with Crippen LogP contribution in [0.3, 0.4) is 0 Å². The van der Waals surface area contributed by atoms with Crippen LogP contribution < -0.4 is 15.6 Å². The summed E-state index contributed by atoms with van der Waals surface area (Å²) in [7, 11) is 1.59. The fourth-order valence-corrected chi connectivity index (χ4v) is 3.25. The van der Waals surface area contributed by atoms with Crippen LogP contribution in [0.25, 0.3) is 10.9 Å². The largest absolute Gasteiger partial charge is 0.497 e. The van der Waals surface area contributed by atoms with E-state index in [0.717, 1.165) is 30.8 Å². The molecule has 3 aromatic rings. The zero-order valence-corrected chi connectivity index (χ0v) is 13.1. The van der Waals surface area contributed by atoms with E-state index < -0.39 is 0 Å². The molecule has 1 aromatic carbocycles. The summed E-state index contributed by atoms with van der Waals surface area (Å²) in [6.45, 7) is 0.719. The van der Waals surface area contributed by atoms with Crippen LogP contribution in [-0.2, 0) is 13.0 Å².